The Labute approximate surface area is 215 Å². The summed E-state index contributed by atoms with van der Waals surface area (Å²) in [6.45, 7) is 6.51. The molecule has 37 heavy (non-hydrogen) atoms. The van der Waals surface area contributed by atoms with Crippen molar-refractivity contribution in [2.45, 2.75) is 39.3 Å². The first-order valence-corrected chi connectivity index (χ1v) is 12.2. The van der Waals surface area contributed by atoms with Gasteiger partial charge in [-0.25, -0.2) is 0 Å². The number of hydrogen-bond acceptors (Lipinski definition) is 6. The van der Waals surface area contributed by atoms with Crippen molar-refractivity contribution in [3.8, 4) is 0 Å². The molecule has 0 aliphatic carbocycles. The van der Waals surface area contributed by atoms with Gasteiger partial charge in [-0.1, -0.05) is 62.4 Å². The predicted octanol–water partition coefficient (Wildman–Crippen LogP) is 4.31. The first-order chi connectivity index (χ1) is 17.8. The Balaban J connectivity index is 1.55. The highest BCUT2D eigenvalue weighted by atomic mass is 16.2. The van der Waals surface area contributed by atoms with Crippen LogP contribution in [0.4, 0.5) is 5.82 Å². The van der Waals surface area contributed by atoms with Gasteiger partial charge >= 0.3 is 0 Å². The van der Waals surface area contributed by atoms with Gasteiger partial charge in [0.2, 0.25) is 5.78 Å². The van der Waals surface area contributed by atoms with E-state index in [0.717, 1.165) is 11.1 Å². The molecule has 8 nitrogen and oxygen atoms in total. The lowest BCUT2D eigenvalue weighted by atomic mass is 9.85. The summed E-state index contributed by atoms with van der Waals surface area (Å²) in [5, 5.41) is 12.5. The van der Waals surface area contributed by atoms with Crippen LogP contribution in [0.3, 0.4) is 0 Å². The first-order valence-electron chi connectivity index (χ1n) is 12.2. The number of amides is 1. The van der Waals surface area contributed by atoms with E-state index in [1.54, 1.807) is 42.1 Å². The van der Waals surface area contributed by atoms with Crippen LogP contribution >= 0.6 is 0 Å². The molecule has 1 amide bonds. The van der Waals surface area contributed by atoms with Gasteiger partial charge in [0.15, 0.2) is 11.6 Å². The number of carbonyl (C=O) groups is 3. The van der Waals surface area contributed by atoms with Crippen LogP contribution in [-0.2, 0) is 16.1 Å². The van der Waals surface area contributed by atoms with Crippen LogP contribution in [0.25, 0.3) is 0 Å². The summed E-state index contributed by atoms with van der Waals surface area (Å²) in [7, 11) is 0. The van der Waals surface area contributed by atoms with E-state index < -0.39 is 23.7 Å². The number of nitrogens with zero attached hydrogens (tertiary/aromatic N) is 5. The zero-order chi connectivity index (χ0) is 26.1. The molecule has 1 aliphatic rings. The molecule has 2 atom stereocenters. The number of aromatic nitrogens is 4. The lowest BCUT2D eigenvalue weighted by Gasteiger charge is -2.26. The SMILES string of the molecule is Cc1ccc(N2C(=O)C(=O)C(C(=O)c3ccc(C(C)C)cc3)C2c2ccc(Cn3cccn3)cc2)nn1. The van der Waals surface area contributed by atoms with Gasteiger partial charge in [-0.05, 0) is 47.7 Å². The van der Waals surface area contributed by atoms with Crippen molar-refractivity contribution in [1.82, 2.24) is 20.0 Å². The minimum Gasteiger partial charge on any atom is -0.293 e. The van der Waals surface area contributed by atoms with Gasteiger partial charge in [-0.2, -0.15) is 10.2 Å². The molecule has 1 aliphatic heterocycles. The largest absolute Gasteiger partial charge is 0.297 e. The Bertz CT molecular complexity index is 1430. The fraction of sp³-hybridized carbons (Fsp3) is 0.241. The van der Waals surface area contributed by atoms with Crippen molar-refractivity contribution in [2.75, 3.05) is 4.90 Å². The van der Waals surface area contributed by atoms with Gasteiger partial charge in [-0.15, -0.1) is 5.10 Å². The highest BCUT2D eigenvalue weighted by Gasteiger charge is 2.52. The molecular weight excluding hydrogens is 466 g/mol. The van der Waals surface area contributed by atoms with Gasteiger partial charge in [0.1, 0.15) is 5.92 Å². The van der Waals surface area contributed by atoms with Crippen molar-refractivity contribution in [3.05, 3.63) is 107 Å². The molecule has 2 unspecified atom stereocenters. The van der Waals surface area contributed by atoms with Crippen molar-refractivity contribution in [1.29, 1.82) is 0 Å². The molecule has 3 heterocycles. The van der Waals surface area contributed by atoms with Crippen LogP contribution in [0.1, 0.15) is 58.5 Å². The summed E-state index contributed by atoms with van der Waals surface area (Å²) < 4.78 is 1.80. The molecule has 2 aromatic carbocycles. The Morgan fingerprint density at radius 1 is 0.946 bits per heavy atom. The monoisotopic (exact) mass is 493 g/mol. The van der Waals surface area contributed by atoms with E-state index in [-0.39, 0.29) is 11.6 Å². The van der Waals surface area contributed by atoms with E-state index in [2.05, 4.69) is 29.1 Å². The Morgan fingerprint density at radius 2 is 1.68 bits per heavy atom. The third-order valence-corrected chi connectivity index (χ3v) is 6.71. The molecule has 8 heteroatoms. The van der Waals surface area contributed by atoms with Crippen LogP contribution in [-0.4, -0.2) is 37.5 Å². The Morgan fingerprint density at radius 3 is 2.27 bits per heavy atom. The van der Waals surface area contributed by atoms with Gasteiger partial charge < -0.3 is 0 Å². The molecular formula is C29H27N5O3. The summed E-state index contributed by atoms with van der Waals surface area (Å²) >= 11 is 0. The molecule has 0 N–H and O–H groups in total. The number of hydrogen-bond donors (Lipinski definition) is 0. The Hall–Kier alpha value is -4.46. The molecule has 5 rings (SSSR count). The number of carbonyl (C=O) groups excluding carboxylic acids is 3. The molecule has 1 saturated heterocycles. The highest BCUT2D eigenvalue weighted by molar-refractivity contribution is 6.48. The highest BCUT2D eigenvalue weighted by Crippen LogP contribution is 2.40. The second-order valence-electron chi connectivity index (χ2n) is 9.58. The number of anilines is 1. The maximum absolute atomic E-state index is 13.7. The minimum atomic E-state index is -1.20. The smallest absolute Gasteiger partial charge is 0.293 e. The fourth-order valence-corrected chi connectivity index (χ4v) is 4.65. The summed E-state index contributed by atoms with van der Waals surface area (Å²) in [5.74, 6) is -2.55. The van der Waals surface area contributed by atoms with Gasteiger partial charge in [0.05, 0.1) is 18.3 Å². The standard InChI is InChI=1S/C29H27N5O3/c1-18(2)21-10-12-23(13-11-21)27(35)25-26(22-8-6-20(7-9-22)17-33-16-4-15-30-33)34(29(37)28(25)36)24-14-5-19(3)31-32-24/h4-16,18,25-26H,17H2,1-3H3. The van der Waals surface area contributed by atoms with E-state index in [4.69, 9.17) is 0 Å². The number of Topliss-reactive ketones (excluding diaryl/α,β-unsaturated/α-hetero) is 2. The molecule has 2 aromatic heterocycles. The number of rotatable bonds is 7. The van der Waals surface area contributed by atoms with Crippen LogP contribution in [0.2, 0.25) is 0 Å². The number of aryl methyl sites for hydroxylation is 1. The van der Waals surface area contributed by atoms with Crippen LogP contribution in [0.15, 0.2) is 79.1 Å². The summed E-state index contributed by atoms with van der Waals surface area (Å²) in [5.41, 5.74) is 3.83. The maximum Gasteiger partial charge on any atom is 0.297 e. The molecule has 0 spiro atoms. The summed E-state index contributed by atoms with van der Waals surface area (Å²) in [6.07, 6.45) is 3.59. The zero-order valence-corrected chi connectivity index (χ0v) is 20.9. The third kappa shape index (κ3) is 4.70. The van der Waals surface area contributed by atoms with Crippen molar-refractivity contribution in [3.63, 3.8) is 0 Å². The van der Waals surface area contributed by atoms with Crippen molar-refractivity contribution < 1.29 is 14.4 Å². The second kappa shape index (κ2) is 9.89. The minimum absolute atomic E-state index is 0.236. The fourth-order valence-electron chi connectivity index (χ4n) is 4.65. The van der Waals surface area contributed by atoms with E-state index in [1.165, 1.54) is 4.90 Å². The molecule has 186 valence electrons. The lowest BCUT2D eigenvalue weighted by molar-refractivity contribution is -0.135. The molecule has 0 bridgehead atoms. The molecule has 0 radical (unpaired) electrons. The van der Waals surface area contributed by atoms with E-state index in [1.807, 2.05) is 48.7 Å². The summed E-state index contributed by atoms with van der Waals surface area (Å²) in [6, 6.07) is 19.2. The van der Waals surface area contributed by atoms with E-state index in [9.17, 15) is 14.4 Å². The maximum atomic E-state index is 13.7. The van der Waals surface area contributed by atoms with Crippen LogP contribution < -0.4 is 4.90 Å². The zero-order valence-electron chi connectivity index (χ0n) is 20.9. The Kier molecular flexibility index (Phi) is 6.48. The van der Waals surface area contributed by atoms with E-state index >= 15 is 0 Å². The van der Waals surface area contributed by atoms with E-state index in [0.29, 0.717) is 29.3 Å². The number of ketones is 2. The second-order valence-corrected chi connectivity index (χ2v) is 9.58. The average Bonchev–Trinajstić information content (AvgIpc) is 3.51. The molecule has 1 fully saturated rings. The normalized spacial score (nSPS) is 17.6. The third-order valence-electron chi connectivity index (χ3n) is 6.71. The van der Waals surface area contributed by atoms with Gasteiger partial charge in [0.25, 0.3) is 5.91 Å². The quantitative estimate of drug-likeness (QED) is 0.216. The summed E-state index contributed by atoms with van der Waals surface area (Å²) in [4.78, 5) is 41.7. The molecule has 4 aromatic rings. The first kappa shape index (κ1) is 24.2. The van der Waals surface area contributed by atoms with Crippen molar-refractivity contribution in [2.24, 2.45) is 5.92 Å². The predicted molar refractivity (Wildman–Crippen MR) is 138 cm³/mol. The number of benzene rings is 2. The molecule has 0 saturated carbocycles. The van der Waals surface area contributed by atoms with Crippen LogP contribution in [0, 0.1) is 12.8 Å². The topological polar surface area (TPSA) is 98.1 Å². The lowest BCUT2D eigenvalue weighted by Crippen LogP contribution is -2.31. The van der Waals surface area contributed by atoms with Gasteiger partial charge in [-0.3, -0.25) is 24.0 Å². The average molecular weight is 494 g/mol. The van der Waals surface area contributed by atoms with Gasteiger partial charge in [0, 0.05) is 18.0 Å². The van der Waals surface area contributed by atoms with Crippen molar-refractivity contribution >= 4 is 23.3 Å². The van der Waals surface area contributed by atoms with Crippen LogP contribution in [0.5, 0.6) is 0 Å².